The van der Waals surface area contributed by atoms with Crippen LogP contribution in [0.3, 0.4) is 0 Å². The molecule has 7 nitrogen and oxygen atoms in total. The summed E-state index contributed by atoms with van der Waals surface area (Å²) in [5.74, 6) is 0.540. The van der Waals surface area contributed by atoms with Gasteiger partial charge in [-0.3, -0.25) is 9.78 Å². The van der Waals surface area contributed by atoms with Crippen LogP contribution in [0.5, 0.6) is 5.75 Å². The van der Waals surface area contributed by atoms with Crippen LogP contribution in [0.4, 0.5) is 5.69 Å². The molecule has 170 valence electrons. The first-order valence-corrected chi connectivity index (χ1v) is 10.7. The Labute approximate surface area is 192 Å². The van der Waals surface area contributed by atoms with E-state index in [1.807, 2.05) is 54.6 Å². The van der Waals surface area contributed by atoms with E-state index in [9.17, 15) is 9.90 Å². The Morgan fingerprint density at radius 2 is 1.88 bits per heavy atom. The number of amides is 1. The molecule has 4 rings (SSSR count). The molecule has 0 radical (unpaired) electrons. The number of benzene rings is 2. The number of methoxy groups -OCH3 is 1. The highest BCUT2D eigenvalue weighted by atomic mass is 16.7. The lowest BCUT2D eigenvalue weighted by molar-refractivity contribution is -0.147. The highest BCUT2D eigenvalue weighted by Gasteiger charge is 2.29. The van der Waals surface area contributed by atoms with Crippen molar-refractivity contribution in [1.82, 2.24) is 4.98 Å². The van der Waals surface area contributed by atoms with Crippen LogP contribution >= 0.6 is 0 Å². The second-order valence-corrected chi connectivity index (χ2v) is 7.68. The van der Waals surface area contributed by atoms with E-state index in [4.69, 9.17) is 14.2 Å². The van der Waals surface area contributed by atoms with Crippen molar-refractivity contribution in [2.24, 2.45) is 0 Å². The van der Waals surface area contributed by atoms with Crippen molar-refractivity contribution >= 4 is 11.6 Å². The van der Waals surface area contributed by atoms with Gasteiger partial charge in [-0.25, -0.2) is 0 Å². The monoisotopic (exact) mass is 446 g/mol. The van der Waals surface area contributed by atoms with Crippen molar-refractivity contribution in [2.45, 2.75) is 31.8 Å². The van der Waals surface area contributed by atoms with Crippen molar-refractivity contribution < 1.29 is 24.1 Å². The number of rotatable bonds is 8. The SMILES string of the molecule is COc1ccc([C@H]2C=C(C(=O)Nc3cccnc3)O[C@@H](OCc3ccc(CO)cc3)C2)cc1. The molecule has 0 aliphatic carbocycles. The number of aromatic nitrogens is 1. The number of nitrogens with one attached hydrogen (secondary N) is 1. The molecule has 2 heterocycles. The van der Waals surface area contributed by atoms with E-state index < -0.39 is 6.29 Å². The van der Waals surface area contributed by atoms with Crippen LogP contribution in [-0.2, 0) is 27.5 Å². The van der Waals surface area contributed by atoms with Crippen LogP contribution < -0.4 is 10.1 Å². The van der Waals surface area contributed by atoms with Gasteiger partial charge in [0, 0.05) is 18.5 Å². The standard InChI is InChI=1S/C26H26N2O5/c1-31-23-10-8-20(9-11-23)21-13-24(26(30)28-22-3-2-12-27-15-22)33-25(14-21)32-17-19-6-4-18(16-29)5-7-19/h2-13,15,21,25,29H,14,16-17H2,1H3,(H,28,30)/t21-,25+/m0/s1. The van der Waals surface area contributed by atoms with Gasteiger partial charge >= 0.3 is 0 Å². The zero-order valence-electron chi connectivity index (χ0n) is 18.3. The van der Waals surface area contributed by atoms with Crippen LogP contribution in [0.1, 0.15) is 29.0 Å². The fourth-order valence-corrected chi connectivity index (χ4v) is 3.56. The molecule has 1 amide bonds. The molecule has 2 atom stereocenters. The number of aliphatic hydroxyl groups excluding tert-OH is 1. The largest absolute Gasteiger partial charge is 0.497 e. The second-order valence-electron chi connectivity index (χ2n) is 7.68. The van der Waals surface area contributed by atoms with Crippen LogP contribution in [0.2, 0.25) is 0 Å². The number of carbonyl (C=O) groups excluding carboxylic acids is 1. The van der Waals surface area contributed by atoms with Gasteiger partial charge in [-0.15, -0.1) is 0 Å². The van der Waals surface area contributed by atoms with Crippen molar-refractivity contribution in [1.29, 1.82) is 0 Å². The molecule has 33 heavy (non-hydrogen) atoms. The summed E-state index contributed by atoms with van der Waals surface area (Å²) in [5, 5.41) is 12.0. The molecular formula is C26H26N2O5. The smallest absolute Gasteiger partial charge is 0.290 e. The first-order valence-electron chi connectivity index (χ1n) is 10.7. The molecule has 0 spiro atoms. The number of nitrogens with zero attached hydrogens (tertiary/aromatic N) is 1. The van der Waals surface area contributed by atoms with Gasteiger partial charge in [0.2, 0.25) is 6.29 Å². The Kier molecular flexibility index (Phi) is 7.34. The quantitative estimate of drug-likeness (QED) is 0.540. The minimum atomic E-state index is -0.603. The summed E-state index contributed by atoms with van der Waals surface area (Å²) in [4.78, 5) is 16.9. The van der Waals surface area contributed by atoms with Crippen molar-refractivity contribution in [2.75, 3.05) is 12.4 Å². The zero-order valence-corrected chi connectivity index (χ0v) is 18.3. The third-order valence-corrected chi connectivity index (χ3v) is 5.39. The highest BCUT2D eigenvalue weighted by molar-refractivity contribution is 6.02. The van der Waals surface area contributed by atoms with E-state index in [0.717, 1.165) is 22.4 Å². The zero-order chi connectivity index (χ0) is 23.0. The Morgan fingerprint density at radius 1 is 1.12 bits per heavy atom. The van der Waals surface area contributed by atoms with Crippen molar-refractivity contribution in [3.63, 3.8) is 0 Å². The van der Waals surface area contributed by atoms with E-state index in [1.54, 1.807) is 31.6 Å². The number of aliphatic hydroxyl groups is 1. The number of pyridine rings is 1. The molecule has 0 saturated heterocycles. The molecular weight excluding hydrogens is 420 g/mol. The van der Waals surface area contributed by atoms with Gasteiger partial charge < -0.3 is 24.6 Å². The average Bonchev–Trinajstić information content (AvgIpc) is 2.88. The maximum absolute atomic E-state index is 12.9. The summed E-state index contributed by atoms with van der Waals surface area (Å²) >= 11 is 0. The van der Waals surface area contributed by atoms with Crippen molar-refractivity contribution in [3.05, 3.63) is 102 Å². The van der Waals surface area contributed by atoms with Gasteiger partial charge in [0.25, 0.3) is 5.91 Å². The maximum Gasteiger partial charge on any atom is 0.290 e. The third kappa shape index (κ3) is 5.97. The Morgan fingerprint density at radius 3 is 2.55 bits per heavy atom. The Balaban J connectivity index is 1.51. The summed E-state index contributed by atoms with van der Waals surface area (Å²) in [5.41, 5.74) is 3.41. The minimum Gasteiger partial charge on any atom is -0.497 e. The summed E-state index contributed by atoms with van der Waals surface area (Å²) in [6.45, 7) is 0.319. The first kappa shape index (κ1) is 22.5. The third-order valence-electron chi connectivity index (χ3n) is 5.39. The number of hydrogen-bond acceptors (Lipinski definition) is 6. The lowest BCUT2D eigenvalue weighted by Gasteiger charge is -2.29. The number of allylic oxidation sites excluding steroid dienone is 1. The fourth-order valence-electron chi connectivity index (χ4n) is 3.56. The average molecular weight is 447 g/mol. The van der Waals surface area contributed by atoms with E-state index in [2.05, 4.69) is 10.3 Å². The normalized spacial score (nSPS) is 17.6. The number of carbonyl (C=O) groups is 1. The van der Waals surface area contributed by atoms with Gasteiger partial charge in [0.15, 0.2) is 5.76 Å². The van der Waals surface area contributed by atoms with Gasteiger partial charge in [-0.1, -0.05) is 36.4 Å². The molecule has 7 heteroatoms. The number of hydrogen-bond donors (Lipinski definition) is 2. The second kappa shape index (κ2) is 10.8. The molecule has 1 aliphatic rings. The molecule has 0 unspecified atom stereocenters. The van der Waals surface area contributed by atoms with Gasteiger partial charge in [0.05, 0.1) is 32.2 Å². The lowest BCUT2D eigenvalue weighted by Crippen LogP contribution is -2.29. The summed E-state index contributed by atoms with van der Waals surface area (Å²) in [6.07, 6.45) is 5.00. The van der Waals surface area contributed by atoms with Crippen molar-refractivity contribution in [3.8, 4) is 5.75 Å². The summed E-state index contributed by atoms with van der Waals surface area (Å²) in [7, 11) is 1.63. The van der Waals surface area contributed by atoms with Crippen LogP contribution in [0.25, 0.3) is 0 Å². The van der Waals surface area contributed by atoms with Gasteiger partial charge in [0.1, 0.15) is 5.75 Å². The van der Waals surface area contributed by atoms with E-state index in [1.165, 1.54) is 0 Å². The first-order chi connectivity index (χ1) is 16.1. The fraction of sp³-hybridized carbons (Fsp3) is 0.231. The van der Waals surface area contributed by atoms with E-state index in [-0.39, 0.29) is 24.2 Å². The van der Waals surface area contributed by atoms with Gasteiger partial charge in [-0.05, 0) is 47.0 Å². The molecule has 1 aliphatic heterocycles. The van der Waals surface area contributed by atoms with E-state index >= 15 is 0 Å². The highest BCUT2D eigenvalue weighted by Crippen LogP contribution is 2.33. The number of anilines is 1. The molecule has 3 aromatic rings. The molecule has 0 saturated carbocycles. The van der Waals surface area contributed by atoms with E-state index in [0.29, 0.717) is 18.7 Å². The summed E-state index contributed by atoms with van der Waals surface area (Å²) < 4.78 is 17.2. The maximum atomic E-state index is 12.9. The molecule has 0 bridgehead atoms. The predicted molar refractivity (Wildman–Crippen MR) is 123 cm³/mol. The predicted octanol–water partition coefficient (Wildman–Crippen LogP) is 4.15. The number of ether oxygens (including phenoxy) is 3. The molecule has 2 N–H and O–H groups in total. The lowest BCUT2D eigenvalue weighted by atomic mass is 9.93. The van der Waals surface area contributed by atoms with Gasteiger partial charge in [-0.2, -0.15) is 0 Å². The minimum absolute atomic E-state index is 0.00336. The molecule has 1 aromatic heterocycles. The Hall–Kier alpha value is -3.68. The summed E-state index contributed by atoms with van der Waals surface area (Å²) in [6, 6.07) is 18.8. The van der Waals surface area contributed by atoms with Crippen LogP contribution in [0, 0.1) is 0 Å². The molecule has 0 fully saturated rings. The molecule has 2 aromatic carbocycles. The van der Waals surface area contributed by atoms with Crippen LogP contribution in [0.15, 0.2) is 84.9 Å². The topological polar surface area (TPSA) is 89.9 Å². The Bertz CT molecular complexity index is 1080. The van der Waals surface area contributed by atoms with Crippen LogP contribution in [-0.4, -0.2) is 29.4 Å².